The number of halogens is 1. The van der Waals surface area contributed by atoms with Crippen molar-refractivity contribution >= 4 is 46.7 Å². The molecule has 15 heteroatoms. The molecule has 224 valence electrons. The fourth-order valence-electron chi connectivity index (χ4n) is 4.32. The molecule has 3 heterocycles. The minimum Gasteiger partial charge on any atom is -0.465 e. The van der Waals surface area contributed by atoms with Crippen LogP contribution in [0, 0.1) is 0 Å². The standard InChI is InChI=1S/C29H26ClN9O4S/c1-16(2)28-32-21(14-44-28)12-23(24-13-22(27(41)36-35-24)17-3-7-20(8-4-17)33-29(42)43)34-26(40)10-5-18-11-19(30)6-9-25(18)39-15-31-37-38-39/h3-11,13-16,23,33H,12H2,1-2H3,(H,34,40)(H,36,41)(H,42,43). The van der Waals surface area contributed by atoms with Gasteiger partial charge in [0, 0.05) is 40.1 Å². The molecule has 0 fully saturated rings. The number of anilines is 1. The summed E-state index contributed by atoms with van der Waals surface area (Å²) < 4.78 is 1.46. The molecule has 0 bridgehead atoms. The lowest BCUT2D eigenvalue weighted by Crippen LogP contribution is -2.30. The number of amides is 2. The summed E-state index contributed by atoms with van der Waals surface area (Å²) in [6, 6.07) is 12.4. The maximum Gasteiger partial charge on any atom is 0.409 e. The molecule has 5 aromatic rings. The molecule has 0 aliphatic heterocycles. The zero-order chi connectivity index (χ0) is 31.2. The Morgan fingerprint density at radius 1 is 1.16 bits per heavy atom. The second-order valence-corrected chi connectivity index (χ2v) is 11.3. The summed E-state index contributed by atoms with van der Waals surface area (Å²) in [5.41, 5.74) is 3.18. The molecular weight excluding hydrogens is 606 g/mol. The van der Waals surface area contributed by atoms with Crippen LogP contribution < -0.4 is 16.2 Å². The predicted molar refractivity (Wildman–Crippen MR) is 166 cm³/mol. The molecule has 3 aromatic heterocycles. The molecule has 1 atom stereocenters. The number of benzene rings is 2. The molecule has 1 unspecified atom stereocenters. The number of carboxylic acid groups (broad SMARTS) is 1. The number of hydrogen-bond acceptors (Lipinski definition) is 9. The van der Waals surface area contributed by atoms with E-state index in [2.05, 4.69) is 50.2 Å². The average Bonchev–Trinajstić information content (AvgIpc) is 3.69. The van der Waals surface area contributed by atoms with Crippen LogP contribution in [0.4, 0.5) is 10.5 Å². The first-order valence-corrected chi connectivity index (χ1v) is 14.6. The number of nitrogens with zero attached hydrogens (tertiary/aromatic N) is 6. The van der Waals surface area contributed by atoms with E-state index in [1.807, 2.05) is 5.38 Å². The summed E-state index contributed by atoms with van der Waals surface area (Å²) in [6.45, 7) is 4.11. The monoisotopic (exact) mass is 631 g/mol. The zero-order valence-electron chi connectivity index (χ0n) is 23.4. The third-order valence-corrected chi connectivity index (χ3v) is 7.85. The Morgan fingerprint density at radius 2 is 1.95 bits per heavy atom. The van der Waals surface area contributed by atoms with Crippen molar-refractivity contribution in [3.05, 3.63) is 104 Å². The van der Waals surface area contributed by atoms with Crippen molar-refractivity contribution in [3.63, 3.8) is 0 Å². The largest absolute Gasteiger partial charge is 0.465 e. The molecular formula is C29H26ClN9O4S. The Bertz CT molecular complexity index is 1870. The Balaban J connectivity index is 1.45. The van der Waals surface area contributed by atoms with Gasteiger partial charge in [0.2, 0.25) is 5.91 Å². The third kappa shape index (κ3) is 7.40. The Morgan fingerprint density at radius 3 is 2.64 bits per heavy atom. The number of aromatic nitrogens is 7. The first-order chi connectivity index (χ1) is 21.2. The van der Waals surface area contributed by atoms with Gasteiger partial charge in [-0.05, 0) is 58.5 Å². The van der Waals surface area contributed by atoms with Crippen LogP contribution in [-0.2, 0) is 11.2 Å². The van der Waals surface area contributed by atoms with Gasteiger partial charge in [0.1, 0.15) is 6.33 Å². The van der Waals surface area contributed by atoms with Crippen molar-refractivity contribution in [1.82, 2.24) is 40.7 Å². The van der Waals surface area contributed by atoms with Crippen molar-refractivity contribution in [2.75, 3.05) is 5.32 Å². The Kier molecular flexibility index (Phi) is 9.21. The van der Waals surface area contributed by atoms with Gasteiger partial charge in [-0.1, -0.05) is 37.6 Å². The van der Waals surface area contributed by atoms with Gasteiger partial charge in [0.25, 0.3) is 5.56 Å². The van der Waals surface area contributed by atoms with Gasteiger partial charge >= 0.3 is 6.09 Å². The predicted octanol–water partition coefficient (Wildman–Crippen LogP) is 4.85. The number of tetrazole rings is 1. The van der Waals surface area contributed by atoms with Gasteiger partial charge in [-0.25, -0.2) is 14.9 Å². The molecule has 4 N–H and O–H groups in total. The van der Waals surface area contributed by atoms with Crippen LogP contribution in [-0.4, -0.2) is 52.5 Å². The van der Waals surface area contributed by atoms with Crippen molar-refractivity contribution in [2.45, 2.75) is 32.2 Å². The smallest absolute Gasteiger partial charge is 0.409 e. The summed E-state index contributed by atoms with van der Waals surface area (Å²) in [4.78, 5) is 41.7. The molecule has 0 spiro atoms. The summed E-state index contributed by atoms with van der Waals surface area (Å²) in [5.74, 6) is -0.177. The molecule has 0 saturated heterocycles. The van der Waals surface area contributed by atoms with Crippen LogP contribution in [0.15, 0.2) is 71.1 Å². The number of nitrogens with one attached hydrogen (secondary N) is 3. The van der Waals surface area contributed by atoms with Crippen molar-refractivity contribution in [1.29, 1.82) is 0 Å². The Hall–Kier alpha value is -5.21. The van der Waals surface area contributed by atoms with E-state index >= 15 is 0 Å². The molecule has 2 amide bonds. The first kappa shape index (κ1) is 30.3. The van der Waals surface area contributed by atoms with Crippen molar-refractivity contribution < 1.29 is 14.7 Å². The fraction of sp³-hybridized carbons (Fsp3) is 0.172. The highest BCUT2D eigenvalue weighted by Gasteiger charge is 2.20. The van der Waals surface area contributed by atoms with E-state index in [9.17, 15) is 14.4 Å². The lowest BCUT2D eigenvalue weighted by Gasteiger charge is -2.17. The van der Waals surface area contributed by atoms with Crippen LogP contribution in [0.25, 0.3) is 22.9 Å². The second kappa shape index (κ2) is 13.4. The average molecular weight is 632 g/mol. The second-order valence-electron chi connectivity index (χ2n) is 9.93. The van der Waals surface area contributed by atoms with E-state index in [0.29, 0.717) is 45.2 Å². The number of aromatic amines is 1. The molecule has 2 aromatic carbocycles. The molecule has 13 nitrogen and oxygen atoms in total. The summed E-state index contributed by atoms with van der Waals surface area (Å²) >= 11 is 7.75. The molecule has 44 heavy (non-hydrogen) atoms. The summed E-state index contributed by atoms with van der Waals surface area (Å²) in [6.07, 6.45) is 3.53. The maximum absolute atomic E-state index is 13.3. The highest BCUT2D eigenvalue weighted by molar-refractivity contribution is 7.09. The van der Waals surface area contributed by atoms with Crippen LogP contribution in [0.2, 0.25) is 5.02 Å². The van der Waals surface area contributed by atoms with Gasteiger partial charge in [-0.15, -0.1) is 16.4 Å². The molecule has 0 aliphatic carbocycles. The highest BCUT2D eigenvalue weighted by Crippen LogP contribution is 2.26. The SMILES string of the molecule is CC(C)c1nc(CC(NC(=O)C=Cc2cc(Cl)ccc2-n2cnnn2)c2cc(-c3ccc(NC(=O)O)cc3)c(=O)[nH]n2)cs1. The summed E-state index contributed by atoms with van der Waals surface area (Å²) in [7, 11) is 0. The lowest BCUT2D eigenvalue weighted by atomic mass is 10.0. The maximum atomic E-state index is 13.3. The minimum atomic E-state index is -1.20. The van der Waals surface area contributed by atoms with Crippen LogP contribution in [0.1, 0.15) is 47.8 Å². The van der Waals surface area contributed by atoms with E-state index in [0.717, 1.165) is 10.7 Å². The van der Waals surface area contributed by atoms with Gasteiger partial charge < -0.3 is 10.4 Å². The fourth-order valence-corrected chi connectivity index (χ4v) is 5.34. The zero-order valence-corrected chi connectivity index (χ0v) is 25.0. The molecule has 0 saturated carbocycles. The molecule has 5 rings (SSSR count). The van der Waals surface area contributed by atoms with E-state index < -0.39 is 23.6 Å². The summed E-state index contributed by atoms with van der Waals surface area (Å²) in [5, 5.41) is 35.6. The van der Waals surface area contributed by atoms with Crippen molar-refractivity contribution in [3.8, 4) is 16.8 Å². The van der Waals surface area contributed by atoms with Gasteiger partial charge in [0.05, 0.1) is 33.7 Å². The lowest BCUT2D eigenvalue weighted by molar-refractivity contribution is -0.117. The van der Waals surface area contributed by atoms with E-state index in [1.54, 1.807) is 54.6 Å². The number of carbonyl (C=O) groups is 2. The first-order valence-electron chi connectivity index (χ1n) is 13.3. The van der Waals surface area contributed by atoms with Crippen LogP contribution in [0.5, 0.6) is 0 Å². The van der Waals surface area contributed by atoms with Gasteiger partial charge in [-0.3, -0.25) is 14.9 Å². The van der Waals surface area contributed by atoms with Crippen LogP contribution in [0.3, 0.4) is 0 Å². The molecule has 0 aliphatic rings. The van der Waals surface area contributed by atoms with E-state index in [1.165, 1.54) is 28.4 Å². The number of H-pyrrole nitrogens is 1. The van der Waals surface area contributed by atoms with Gasteiger partial charge in [-0.2, -0.15) is 9.78 Å². The topological polar surface area (TPSA) is 181 Å². The number of carbonyl (C=O) groups excluding carboxylic acids is 1. The third-order valence-electron chi connectivity index (χ3n) is 6.42. The van der Waals surface area contributed by atoms with Crippen molar-refractivity contribution in [2.24, 2.45) is 0 Å². The van der Waals surface area contributed by atoms with E-state index in [4.69, 9.17) is 21.7 Å². The van der Waals surface area contributed by atoms with Gasteiger partial charge in [0.15, 0.2) is 0 Å². The van der Waals surface area contributed by atoms with E-state index in [-0.39, 0.29) is 5.92 Å². The number of rotatable bonds is 10. The normalized spacial score (nSPS) is 12.0. The number of thiazole rings is 1. The highest BCUT2D eigenvalue weighted by atomic mass is 35.5. The minimum absolute atomic E-state index is 0.244. The Labute approximate surface area is 259 Å². The number of hydrogen-bond donors (Lipinski definition) is 4. The van der Waals surface area contributed by atoms with Crippen LogP contribution >= 0.6 is 22.9 Å². The quantitative estimate of drug-likeness (QED) is 0.157. The molecule has 0 radical (unpaired) electrons.